The summed E-state index contributed by atoms with van der Waals surface area (Å²) in [5.74, 6) is -0.296. The molecular formula is C19H20N4O3. The van der Waals surface area contributed by atoms with Gasteiger partial charge in [0.25, 0.3) is 11.6 Å². The van der Waals surface area contributed by atoms with Crippen molar-refractivity contribution in [3.8, 4) is 0 Å². The minimum atomic E-state index is -0.460. The van der Waals surface area contributed by atoms with Gasteiger partial charge in [-0.1, -0.05) is 36.4 Å². The summed E-state index contributed by atoms with van der Waals surface area (Å²) >= 11 is 0. The maximum Gasteiger partial charge on any atom is 0.293 e. The first-order chi connectivity index (χ1) is 12.5. The lowest BCUT2D eigenvalue weighted by atomic mass is 10.1. The summed E-state index contributed by atoms with van der Waals surface area (Å²) < 4.78 is 0. The Morgan fingerprint density at radius 3 is 2.58 bits per heavy atom. The molecule has 2 aromatic carbocycles. The van der Waals surface area contributed by atoms with Crippen molar-refractivity contribution in [3.63, 3.8) is 0 Å². The van der Waals surface area contributed by atoms with Crippen LogP contribution in [0.3, 0.4) is 0 Å². The average molecular weight is 352 g/mol. The number of aromatic amines is 1. The van der Waals surface area contributed by atoms with Crippen molar-refractivity contribution < 1.29 is 9.72 Å². The lowest BCUT2D eigenvalue weighted by Gasteiger charge is -2.14. The largest absolute Gasteiger partial charge is 0.347 e. The van der Waals surface area contributed by atoms with Gasteiger partial charge in [0.2, 0.25) is 0 Å². The zero-order valence-electron chi connectivity index (χ0n) is 14.7. The van der Waals surface area contributed by atoms with E-state index in [-0.39, 0.29) is 11.6 Å². The van der Waals surface area contributed by atoms with Crippen molar-refractivity contribution in [1.29, 1.82) is 0 Å². The molecule has 0 saturated heterocycles. The normalized spacial score (nSPS) is 11.0. The first-order valence-electron chi connectivity index (χ1n) is 8.21. The fourth-order valence-electron chi connectivity index (χ4n) is 2.91. The van der Waals surface area contributed by atoms with Crippen LogP contribution in [-0.4, -0.2) is 34.8 Å². The molecule has 0 aliphatic rings. The molecule has 134 valence electrons. The fourth-order valence-corrected chi connectivity index (χ4v) is 2.91. The monoisotopic (exact) mass is 352 g/mol. The predicted molar refractivity (Wildman–Crippen MR) is 100.0 cm³/mol. The highest BCUT2D eigenvalue weighted by Crippen LogP contribution is 2.25. The third-order valence-electron chi connectivity index (χ3n) is 4.12. The number of carbonyl (C=O) groups is 1. The molecule has 0 fully saturated rings. The Labute approximate surface area is 150 Å². The van der Waals surface area contributed by atoms with Crippen LogP contribution in [0.15, 0.2) is 48.5 Å². The van der Waals surface area contributed by atoms with Crippen LogP contribution in [0.25, 0.3) is 10.9 Å². The predicted octanol–water partition coefficient (Wildman–Crippen LogP) is 3.07. The lowest BCUT2D eigenvalue weighted by molar-refractivity contribution is -0.383. The molecule has 1 aromatic heterocycles. The van der Waals surface area contributed by atoms with Crippen LogP contribution in [0, 0.1) is 10.1 Å². The van der Waals surface area contributed by atoms with Gasteiger partial charge in [0.15, 0.2) is 0 Å². The summed E-state index contributed by atoms with van der Waals surface area (Å²) in [7, 11) is 3.99. The third kappa shape index (κ3) is 3.73. The van der Waals surface area contributed by atoms with Gasteiger partial charge >= 0.3 is 0 Å². The summed E-state index contributed by atoms with van der Waals surface area (Å²) in [5.41, 5.74) is 2.80. The van der Waals surface area contributed by atoms with E-state index in [9.17, 15) is 14.9 Å². The number of nitro groups is 1. The molecule has 0 atom stereocenters. The number of amides is 1. The van der Waals surface area contributed by atoms with Gasteiger partial charge in [-0.25, -0.2) is 0 Å². The summed E-state index contributed by atoms with van der Waals surface area (Å²) in [6, 6.07) is 14.3. The van der Waals surface area contributed by atoms with Crippen LogP contribution in [0.4, 0.5) is 5.69 Å². The van der Waals surface area contributed by atoms with Crippen LogP contribution in [0.2, 0.25) is 0 Å². The number of hydrogen-bond acceptors (Lipinski definition) is 4. The van der Waals surface area contributed by atoms with Crippen LogP contribution in [-0.2, 0) is 13.1 Å². The van der Waals surface area contributed by atoms with Crippen molar-refractivity contribution in [2.45, 2.75) is 13.1 Å². The number of nitrogens with zero attached hydrogens (tertiary/aromatic N) is 2. The summed E-state index contributed by atoms with van der Waals surface area (Å²) in [4.78, 5) is 28.1. The van der Waals surface area contributed by atoms with E-state index in [0.717, 1.165) is 17.7 Å². The van der Waals surface area contributed by atoms with Gasteiger partial charge < -0.3 is 15.2 Å². The lowest BCUT2D eigenvalue weighted by Crippen LogP contribution is -2.24. The number of hydrogen-bond donors (Lipinski definition) is 2. The molecule has 0 aliphatic heterocycles. The Balaban J connectivity index is 1.78. The van der Waals surface area contributed by atoms with Gasteiger partial charge in [-0.05, 0) is 31.3 Å². The fraction of sp³-hybridized carbons (Fsp3) is 0.211. The molecule has 3 aromatic rings. The second-order valence-electron chi connectivity index (χ2n) is 6.37. The number of aromatic nitrogens is 1. The standard InChI is InChI=1S/C19H20N4O3/c1-22(2)12-15-7-4-3-6-14(15)11-20-19(24)16-10-13-8-5-9-17(23(25)26)18(13)21-16/h3-10,21H,11-12H2,1-2H3,(H,20,24). The van der Waals surface area contributed by atoms with Crippen LogP contribution in [0.5, 0.6) is 0 Å². The highest BCUT2D eigenvalue weighted by molar-refractivity contribution is 6.00. The molecule has 7 heteroatoms. The number of benzene rings is 2. The van der Waals surface area contributed by atoms with Crippen molar-refractivity contribution >= 4 is 22.5 Å². The van der Waals surface area contributed by atoms with Gasteiger partial charge in [0.05, 0.1) is 4.92 Å². The topological polar surface area (TPSA) is 91.3 Å². The Morgan fingerprint density at radius 1 is 1.15 bits per heavy atom. The molecule has 0 aliphatic carbocycles. The van der Waals surface area contributed by atoms with E-state index in [1.807, 2.05) is 38.4 Å². The molecule has 0 unspecified atom stereocenters. The summed E-state index contributed by atoms with van der Waals surface area (Å²) in [6.45, 7) is 1.17. The van der Waals surface area contributed by atoms with E-state index in [0.29, 0.717) is 23.1 Å². The molecule has 7 nitrogen and oxygen atoms in total. The Morgan fingerprint density at radius 2 is 1.88 bits per heavy atom. The van der Waals surface area contributed by atoms with Crippen molar-refractivity contribution in [2.75, 3.05) is 14.1 Å². The van der Waals surface area contributed by atoms with E-state index in [4.69, 9.17) is 0 Å². The maximum absolute atomic E-state index is 12.5. The van der Waals surface area contributed by atoms with Gasteiger partial charge in [-0.15, -0.1) is 0 Å². The Hall–Kier alpha value is -3.19. The zero-order valence-corrected chi connectivity index (χ0v) is 14.7. The van der Waals surface area contributed by atoms with Crippen LogP contribution >= 0.6 is 0 Å². The number of carbonyl (C=O) groups excluding carboxylic acids is 1. The number of nitro benzene ring substituents is 1. The van der Waals surface area contributed by atoms with Gasteiger partial charge in [-0.3, -0.25) is 14.9 Å². The SMILES string of the molecule is CN(C)Cc1ccccc1CNC(=O)c1cc2cccc([N+](=O)[O-])c2[nH]1. The maximum atomic E-state index is 12.5. The molecule has 0 radical (unpaired) electrons. The summed E-state index contributed by atoms with van der Waals surface area (Å²) in [6.07, 6.45) is 0. The molecule has 1 heterocycles. The molecule has 1 amide bonds. The third-order valence-corrected chi connectivity index (χ3v) is 4.12. The quantitative estimate of drug-likeness (QED) is 0.527. The molecule has 2 N–H and O–H groups in total. The molecule has 26 heavy (non-hydrogen) atoms. The minimum absolute atomic E-state index is 0.0436. The Bertz CT molecular complexity index is 962. The van der Waals surface area contributed by atoms with E-state index < -0.39 is 4.92 Å². The summed E-state index contributed by atoms with van der Waals surface area (Å²) in [5, 5.41) is 14.6. The first-order valence-corrected chi connectivity index (χ1v) is 8.21. The van der Waals surface area contributed by atoms with E-state index >= 15 is 0 Å². The second-order valence-corrected chi connectivity index (χ2v) is 6.37. The number of para-hydroxylation sites is 1. The minimum Gasteiger partial charge on any atom is -0.347 e. The van der Waals surface area contributed by atoms with Gasteiger partial charge in [0, 0.05) is 24.5 Å². The average Bonchev–Trinajstić information content (AvgIpc) is 3.04. The second kappa shape index (κ2) is 7.37. The number of H-pyrrole nitrogens is 1. The van der Waals surface area contributed by atoms with E-state index in [1.165, 1.54) is 6.07 Å². The number of non-ortho nitro benzene ring substituents is 1. The number of rotatable bonds is 6. The molecular weight excluding hydrogens is 332 g/mol. The van der Waals surface area contributed by atoms with E-state index in [2.05, 4.69) is 15.2 Å². The highest BCUT2D eigenvalue weighted by atomic mass is 16.6. The van der Waals surface area contributed by atoms with Crippen LogP contribution < -0.4 is 5.32 Å². The molecule has 0 bridgehead atoms. The highest BCUT2D eigenvalue weighted by Gasteiger charge is 2.17. The number of fused-ring (bicyclic) bond motifs is 1. The van der Waals surface area contributed by atoms with Gasteiger partial charge in [-0.2, -0.15) is 0 Å². The molecule has 3 rings (SSSR count). The number of nitrogens with one attached hydrogen (secondary N) is 2. The smallest absolute Gasteiger partial charge is 0.293 e. The van der Waals surface area contributed by atoms with Gasteiger partial charge in [0.1, 0.15) is 11.2 Å². The van der Waals surface area contributed by atoms with Crippen molar-refractivity contribution in [1.82, 2.24) is 15.2 Å². The van der Waals surface area contributed by atoms with Crippen LogP contribution in [0.1, 0.15) is 21.6 Å². The first kappa shape index (κ1) is 17.6. The molecule has 0 saturated carbocycles. The van der Waals surface area contributed by atoms with E-state index in [1.54, 1.807) is 18.2 Å². The Kier molecular flexibility index (Phi) is 4.99. The van der Waals surface area contributed by atoms with Crippen molar-refractivity contribution in [3.05, 3.63) is 75.5 Å². The zero-order chi connectivity index (χ0) is 18.7. The molecule has 0 spiro atoms. The van der Waals surface area contributed by atoms with Crippen molar-refractivity contribution in [2.24, 2.45) is 0 Å².